The summed E-state index contributed by atoms with van der Waals surface area (Å²) in [7, 11) is 0. The fourth-order valence-electron chi connectivity index (χ4n) is 4.74. The minimum Gasteiger partial charge on any atom is -0.460 e. The molecule has 1 N–H and O–H groups in total. The summed E-state index contributed by atoms with van der Waals surface area (Å²) in [6.45, 7) is 1.50. The van der Waals surface area contributed by atoms with Crippen molar-refractivity contribution in [1.82, 2.24) is 19.7 Å². The molecule has 0 aromatic carbocycles. The maximum Gasteiger partial charge on any atom is 0.223 e. The number of nitrogens with zero attached hydrogens (tertiary/aromatic N) is 4. The number of fused-ring (bicyclic) bond motifs is 1. The van der Waals surface area contributed by atoms with Gasteiger partial charge in [-0.25, -0.2) is 9.67 Å². The molecule has 7 nitrogen and oxygen atoms in total. The number of aryl methyl sites for hydroxylation is 1. The first-order valence-electron chi connectivity index (χ1n) is 10.1. The Hall–Kier alpha value is -2.45. The highest BCUT2D eigenvalue weighted by atomic mass is 32.1. The molecule has 4 atom stereocenters. The van der Waals surface area contributed by atoms with Gasteiger partial charge in [0, 0.05) is 25.9 Å². The molecule has 3 aromatic rings. The average molecular weight is 413 g/mol. The van der Waals surface area contributed by atoms with Crippen LogP contribution in [0.5, 0.6) is 0 Å². The van der Waals surface area contributed by atoms with E-state index in [1.165, 1.54) is 6.33 Å². The van der Waals surface area contributed by atoms with E-state index in [4.69, 9.17) is 4.42 Å². The van der Waals surface area contributed by atoms with E-state index < -0.39 is 6.10 Å². The van der Waals surface area contributed by atoms with Crippen molar-refractivity contribution in [3.8, 4) is 10.6 Å². The zero-order valence-corrected chi connectivity index (χ0v) is 16.9. The monoisotopic (exact) mass is 412 g/mol. The van der Waals surface area contributed by atoms with Gasteiger partial charge in [0.2, 0.25) is 5.91 Å². The second-order valence-electron chi connectivity index (χ2n) is 8.04. The van der Waals surface area contributed by atoms with Crippen LogP contribution in [-0.4, -0.2) is 49.9 Å². The number of hydrogen-bond donors (Lipinski definition) is 1. The number of carbonyl (C=O) groups excluding carboxylic acids is 1. The molecule has 1 aliphatic heterocycles. The Bertz CT molecular complexity index is 953. The number of amides is 1. The quantitative estimate of drug-likeness (QED) is 0.696. The van der Waals surface area contributed by atoms with E-state index >= 15 is 0 Å². The molecule has 4 heterocycles. The third-order valence-electron chi connectivity index (χ3n) is 6.25. The van der Waals surface area contributed by atoms with Crippen LogP contribution in [0, 0.1) is 11.8 Å². The smallest absolute Gasteiger partial charge is 0.223 e. The van der Waals surface area contributed by atoms with Gasteiger partial charge in [0.1, 0.15) is 24.2 Å². The van der Waals surface area contributed by atoms with Gasteiger partial charge in [-0.3, -0.25) is 4.79 Å². The Morgan fingerprint density at radius 3 is 2.86 bits per heavy atom. The number of likely N-dealkylation sites (tertiary alicyclic amines) is 1. The fraction of sp³-hybridized carbons (Fsp3) is 0.476. The van der Waals surface area contributed by atoms with Crippen molar-refractivity contribution >= 4 is 17.2 Å². The molecule has 1 saturated heterocycles. The van der Waals surface area contributed by atoms with Crippen molar-refractivity contribution in [3.63, 3.8) is 0 Å². The number of thiophene rings is 1. The predicted molar refractivity (Wildman–Crippen MR) is 108 cm³/mol. The Morgan fingerprint density at radius 1 is 1.24 bits per heavy atom. The van der Waals surface area contributed by atoms with Gasteiger partial charge in [-0.15, -0.1) is 11.3 Å². The largest absolute Gasteiger partial charge is 0.460 e. The molecular formula is C21H24N4O3S. The zero-order valence-electron chi connectivity index (χ0n) is 16.1. The first-order chi connectivity index (χ1) is 14.2. The SMILES string of the molecule is O=C(CCc1ccc(-c2cccs2)o1)N1C[C@H]2C[C@@H](n3cncn3)[C@H](O)C[C@H]2C1. The summed E-state index contributed by atoms with van der Waals surface area (Å²) in [6, 6.07) is 7.92. The first kappa shape index (κ1) is 18.6. The molecule has 3 aromatic heterocycles. The number of rotatable bonds is 5. The van der Waals surface area contributed by atoms with Crippen molar-refractivity contribution in [2.24, 2.45) is 11.8 Å². The highest BCUT2D eigenvalue weighted by Crippen LogP contribution is 2.41. The van der Waals surface area contributed by atoms with Gasteiger partial charge >= 0.3 is 0 Å². The summed E-state index contributed by atoms with van der Waals surface area (Å²) in [6.07, 6.45) is 5.34. The minimum absolute atomic E-state index is 0.0485. The zero-order chi connectivity index (χ0) is 19.8. The van der Waals surface area contributed by atoms with E-state index in [0.29, 0.717) is 31.1 Å². The molecule has 0 unspecified atom stereocenters. The number of aliphatic hydroxyl groups excluding tert-OH is 1. The topological polar surface area (TPSA) is 84.4 Å². The average Bonchev–Trinajstić information content (AvgIpc) is 3.51. The fourth-order valence-corrected chi connectivity index (χ4v) is 5.42. The van der Waals surface area contributed by atoms with E-state index in [0.717, 1.165) is 35.9 Å². The maximum absolute atomic E-state index is 12.8. The molecule has 5 rings (SSSR count). The molecule has 29 heavy (non-hydrogen) atoms. The Kier molecular flexibility index (Phi) is 4.97. The van der Waals surface area contributed by atoms with Crippen molar-refractivity contribution < 1.29 is 14.3 Å². The summed E-state index contributed by atoms with van der Waals surface area (Å²) >= 11 is 1.65. The van der Waals surface area contributed by atoms with Gasteiger partial charge < -0.3 is 14.4 Å². The van der Waals surface area contributed by atoms with Crippen molar-refractivity contribution in [2.75, 3.05) is 13.1 Å². The van der Waals surface area contributed by atoms with Gasteiger partial charge in [-0.1, -0.05) is 6.07 Å². The van der Waals surface area contributed by atoms with Crippen LogP contribution in [0.3, 0.4) is 0 Å². The summed E-state index contributed by atoms with van der Waals surface area (Å²) in [5.41, 5.74) is 0. The number of aliphatic hydroxyl groups is 1. The molecule has 0 spiro atoms. The van der Waals surface area contributed by atoms with E-state index in [-0.39, 0.29) is 11.9 Å². The number of furan rings is 1. The van der Waals surface area contributed by atoms with Crippen LogP contribution < -0.4 is 0 Å². The van der Waals surface area contributed by atoms with Gasteiger partial charge in [0.25, 0.3) is 0 Å². The van der Waals surface area contributed by atoms with E-state index in [2.05, 4.69) is 10.1 Å². The molecule has 2 fully saturated rings. The number of carbonyl (C=O) groups is 1. The third-order valence-corrected chi connectivity index (χ3v) is 7.13. The third kappa shape index (κ3) is 3.74. The van der Waals surface area contributed by atoms with Crippen LogP contribution in [0.25, 0.3) is 10.6 Å². The maximum atomic E-state index is 12.8. The molecule has 8 heteroatoms. The van der Waals surface area contributed by atoms with Crippen molar-refractivity contribution in [2.45, 2.75) is 37.8 Å². The van der Waals surface area contributed by atoms with Crippen LogP contribution >= 0.6 is 11.3 Å². The molecule has 1 saturated carbocycles. The highest BCUT2D eigenvalue weighted by Gasteiger charge is 2.43. The molecule has 1 amide bonds. The molecule has 1 aliphatic carbocycles. The molecule has 0 bridgehead atoms. The van der Waals surface area contributed by atoms with Crippen molar-refractivity contribution in [1.29, 1.82) is 0 Å². The summed E-state index contributed by atoms with van der Waals surface area (Å²) in [5, 5.41) is 16.8. The lowest BCUT2D eigenvalue weighted by Crippen LogP contribution is -2.36. The van der Waals surface area contributed by atoms with Crippen LogP contribution in [0.1, 0.15) is 31.1 Å². The highest BCUT2D eigenvalue weighted by molar-refractivity contribution is 7.13. The number of aromatic nitrogens is 3. The molecular weight excluding hydrogens is 388 g/mol. The summed E-state index contributed by atoms with van der Waals surface area (Å²) in [4.78, 5) is 19.9. The molecule has 0 radical (unpaired) electrons. The Morgan fingerprint density at radius 2 is 2.10 bits per heavy atom. The van der Waals surface area contributed by atoms with Gasteiger partial charge in [0.05, 0.1) is 17.0 Å². The van der Waals surface area contributed by atoms with Crippen molar-refractivity contribution in [3.05, 3.63) is 48.1 Å². The summed E-state index contributed by atoms with van der Waals surface area (Å²) < 4.78 is 7.65. The number of hydrogen-bond acceptors (Lipinski definition) is 6. The standard InChI is InChI=1S/C21H24N4O3S/c26-18-9-15-11-24(10-14(15)8-17(18)25-13-22-12-23-25)21(27)6-4-16-3-5-19(28-16)20-2-1-7-29-20/h1-3,5,7,12-15,17-18,26H,4,6,8-11H2/t14-,15+,17-,18-/m1/s1. The van der Waals surface area contributed by atoms with Gasteiger partial charge in [-0.2, -0.15) is 5.10 Å². The van der Waals surface area contributed by atoms with E-state index in [1.807, 2.05) is 34.5 Å². The minimum atomic E-state index is -0.438. The van der Waals surface area contributed by atoms with E-state index in [9.17, 15) is 9.90 Å². The van der Waals surface area contributed by atoms with Crippen LogP contribution in [0.4, 0.5) is 0 Å². The predicted octanol–water partition coefficient (Wildman–Crippen LogP) is 3.00. The summed E-state index contributed by atoms with van der Waals surface area (Å²) in [5.74, 6) is 2.65. The van der Waals surface area contributed by atoms with Crippen LogP contribution in [-0.2, 0) is 11.2 Å². The lowest BCUT2D eigenvalue weighted by molar-refractivity contribution is -0.130. The van der Waals surface area contributed by atoms with E-state index in [1.54, 1.807) is 22.3 Å². The van der Waals surface area contributed by atoms with Gasteiger partial charge in [-0.05, 0) is 48.3 Å². The van der Waals surface area contributed by atoms with Crippen LogP contribution in [0.15, 0.2) is 46.7 Å². The second kappa shape index (κ2) is 7.76. The normalized spacial score (nSPS) is 26.6. The van der Waals surface area contributed by atoms with Crippen LogP contribution in [0.2, 0.25) is 0 Å². The molecule has 2 aliphatic rings. The lowest BCUT2D eigenvalue weighted by Gasteiger charge is -2.34. The second-order valence-corrected chi connectivity index (χ2v) is 8.99. The molecule has 152 valence electrons. The Balaban J connectivity index is 1.17. The van der Waals surface area contributed by atoms with Gasteiger partial charge in [0.15, 0.2) is 0 Å². The Labute approximate surface area is 173 Å². The first-order valence-corrected chi connectivity index (χ1v) is 11.0. The lowest BCUT2D eigenvalue weighted by atomic mass is 9.77.